The molecule has 2 nitrogen and oxygen atoms in total. The van der Waals surface area contributed by atoms with Gasteiger partial charge in [0, 0.05) is 18.3 Å². The van der Waals surface area contributed by atoms with Gasteiger partial charge in [-0.25, -0.2) is 0 Å². The summed E-state index contributed by atoms with van der Waals surface area (Å²) in [5.41, 5.74) is 4.80. The molecule has 0 spiro atoms. The van der Waals surface area contributed by atoms with E-state index in [1.807, 2.05) is 31.4 Å². The van der Waals surface area contributed by atoms with Gasteiger partial charge in [-0.1, -0.05) is 18.2 Å². The molecule has 0 radical (unpaired) electrons. The van der Waals surface area contributed by atoms with Crippen molar-refractivity contribution in [2.75, 3.05) is 7.05 Å². The smallest absolute Gasteiger partial charge is 0.0704 e. The highest BCUT2D eigenvalue weighted by molar-refractivity contribution is 5.64. The molecule has 16 heavy (non-hydrogen) atoms. The zero-order valence-corrected chi connectivity index (χ0v) is 9.70. The lowest BCUT2D eigenvalue weighted by molar-refractivity contribution is 0.818. The van der Waals surface area contributed by atoms with Crippen LogP contribution in [0.5, 0.6) is 0 Å². The Labute approximate surface area is 96.4 Å². The molecule has 2 heteroatoms. The van der Waals surface area contributed by atoms with Crippen molar-refractivity contribution in [3.63, 3.8) is 0 Å². The molecule has 82 valence electrons. The van der Waals surface area contributed by atoms with E-state index in [2.05, 4.69) is 35.4 Å². The zero-order chi connectivity index (χ0) is 11.4. The number of benzene rings is 1. The summed E-state index contributed by atoms with van der Waals surface area (Å²) < 4.78 is 0. The molecule has 0 saturated heterocycles. The minimum absolute atomic E-state index is 0.889. The summed E-state index contributed by atoms with van der Waals surface area (Å²) in [6.45, 7) is 3.01. The van der Waals surface area contributed by atoms with Crippen LogP contribution in [0.25, 0.3) is 11.3 Å². The van der Waals surface area contributed by atoms with Gasteiger partial charge in [-0.2, -0.15) is 0 Å². The van der Waals surface area contributed by atoms with E-state index in [0.29, 0.717) is 0 Å². The van der Waals surface area contributed by atoms with E-state index in [1.165, 1.54) is 16.7 Å². The van der Waals surface area contributed by atoms with Crippen LogP contribution in [0.1, 0.15) is 11.1 Å². The maximum absolute atomic E-state index is 4.39. The summed E-state index contributed by atoms with van der Waals surface area (Å²) in [4.78, 5) is 4.39. The Kier molecular flexibility index (Phi) is 3.32. The van der Waals surface area contributed by atoms with E-state index in [1.54, 1.807) is 0 Å². The molecule has 0 saturated carbocycles. The second-order valence-corrected chi connectivity index (χ2v) is 3.89. The van der Waals surface area contributed by atoms with Gasteiger partial charge < -0.3 is 5.32 Å². The number of nitrogens with one attached hydrogen (secondary N) is 1. The van der Waals surface area contributed by atoms with Gasteiger partial charge in [0.1, 0.15) is 0 Å². The first-order chi connectivity index (χ1) is 7.81. The minimum atomic E-state index is 0.889. The quantitative estimate of drug-likeness (QED) is 0.846. The first-order valence-corrected chi connectivity index (χ1v) is 5.47. The highest BCUT2D eigenvalue weighted by Gasteiger charge is 2.03. The molecule has 0 fully saturated rings. The van der Waals surface area contributed by atoms with E-state index < -0.39 is 0 Å². The van der Waals surface area contributed by atoms with Crippen LogP contribution in [0.2, 0.25) is 0 Å². The Morgan fingerprint density at radius 3 is 2.75 bits per heavy atom. The van der Waals surface area contributed by atoms with Crippen LogP contribution in [-0.2, 0) is 6.54 Å². The van der Waals surface area contributed by atoms with Crippen LogP contribution in [0, 0.1) is 6.92 Å². The van der Waals surface area contributed by atoms with Gasteiger partial charge in [-0.3, -0.25) is 4.98 Å². The van der Waals surface area contributed by atoms with Gasteiger partial charge in [0.2, 0.25) is 0 Å². The Morgan fingerprint density at radius 1 is 1.19 bits per heavy atom. The van der Waals surface area contributed by atoms with Crippen LogP contribution in [0.3, 0.4) is 0 Å². The average molecular weight is 212 g/mol. The second kappa shape index (κ2) is 4.90. The van der Waals surface area contributed by atoms with Crippen LogP contribution < -0.4 is 5.32 Å². The van der Waals surface area contributed by atoms with Gasteiger partial charge in [-0.15, -0.1) is 0 Å². The number of pyridine rings is 1. The van der Waals surface area contributed by atoms with Gasteiger partial charge in [0.05, 0.1) is 5.69 Å². The topological polar surface area (TPSA) is 24.9 Å². The molecular weight excluding hydrogens is 196 g/mol. The lowest BCUT2D eigenvalue weighted by Crippen LogP contribution is -2.05. The molecule has 0 atom stereocenters. The summed E-state index contributed by atoms with van der Waals surface area (Å²) >= 11 is 0. The third-order valence-electron chi connectivity index (χ3n) is 2.62. The SMILES string of the molecule is CNCc1ccc(C)c(-c2ccccn2)c1. The maximum atomic E-state index is 4.39. The van der Waals surface area contributed by atoms with Crippen molar-refractivity contribution in [2.24, 2.45) is 0 Å². The van der Waals surface area contributed by atoms with Crippen molar-refractivity contribution in [3.8, 4) is 11.3 Å². The highest BCUT2D eigenvalue weighted by Crippen LogP contribution is 2.22. The minimum Gasteiger partial charge on any atom is -0.316 e. The van der Waals surface area contributed by atoms with Crippen molar-refractivity contribution in [3.05, 3.63) is 53.7 Å². The van der Waals surface area contributed by atoms with Crippen molar-refractivity contribution >= 4 is 0 Å². The molecule has 0 aliphatic carbocycles. The Bertz CT molecular complexity index is 463. The number of aromatic nitrogens is 1. The molecule has 1 aromatic carbocycles. The largest absolute Gasteiger partial charge is 0.316 e. The normalized spacial score (nSPS) is 10.4. The van der Waals surface area contributed by atoms with E-state index in [0.717, 1.165) is 12.2 Å². The third kappa shape index (κ3) is 2.28. The maximum Gasteiger partial charge on any atom is 0.0704 e. The van der Waals surface area contributed by atoms with Crippen LogP contribution in [-0.4, -0.2) is 12.0 Å². The molecule has 1 heterocycles. The lowest BCUT2D eigenvalue weighted by Gasteiger charge is -2.08. The molecule has 1 aromatic heterocycles. The summed E-state index contributed by atoms with van der Waals surface area (Å²) in [5.74, 6) is 0. The highest BCUT2D eigenvalue weighted by atomic mass is 14.8. The Hall–Kier alpha value is -1.67. The zero-order valence-electron chi connectivity index (χ0n) is 9.70. The molecule has 0 bridgehead atoms. The van der Waals surface area contributed by atoms with Crippen molar-refractivity contribution in [1.82, 2.24) is 10.3 Å². The van der Waals surface area contributed by atoms with Gasteiger partial charge in [0.25, 0.3) is 0 Å². The van der Waals surface area contributed by atoms with E-state index in [4.69, 9.17) is 0 Å². The van der Waals surface area contributed by atoms with Gasteiger partial charge in [-0.05, 0) is 43.3 Å². The molecule has 2 aromatic rings. The van der Waals surface area contributed by atoms with Crippen LogP contribution >= 0.6 is 0 Å². The fourth-order valence-corrected chi connectivity index (χ4v) is 1.78. The second-order valence-electron chi connectivity index (χ2n) is 3.89. The summed E-state index contributed by atoms with van der Waals surface area (Å²) in [5, 5.41) is 3.16. The number of nitrogens with zero attached hydrogens (tertiary/aromatic N) is 1. The predicted octanol–water partition coefficient (Wildman–Crippen LogP) is 2.78. The van der Waals surface area contributed by atoms with E-state index >= 15 is 0 Å². The predicted molar refractivity (Wildman–Crippen MR) is 67.2 cm³/mol. The first kappa shape index (κ1) is 10.8. The van der Waals surface area contributed by atoms with Gasteiger partial charge in [0.15, 0.2) is 0 Å². The number of rotatable bonds is 3. The summed E-state index contributed by atoms with van der Waals surface area (Å²) in [6, 6.07) is 12.5. The first-order valence-electron chi connectivity index (χ1n) is 5.47. The number of hydrogen-bond acceptors (Lipinski definition) is 2. The fourth-order valence-electron chi connectivity index (χ4n) is 1.78. The number of aryl methyl sites for hydroxylation is 1. The molecule has 0 aliphatic heterocycles. The standard InChI is InChI=1S/C14H16N2/c1-11-6-7-12(10-15-2)9-13(11)14-5-3-4-8-16-14/h3-9,15H,10H2,1-2H3. The molecule has 0 aliphatic rings. The Balaban J connectivity index is 2.43. The molecule has 2 rings (SSSR count). The van der Waals surface area contributed by atoms with Crippen molar-refractivity contribution < 1.29 is 0 Å². The molecule has 0 unspecified atom stereocenters. The van der Waals surface area contributed by atoms with E-state index in [9.17, 15) is 0 Å². The molecule has 1 N–H and O–H groups in total. The van der Waals surface area contributed by atoms with Crippen LogP contribution in [0.15, 0.2) is 42.6 Å². The number of hydrogen-bond donors (Lipinski definition) is 1. The third-order valence-corrected chi connectivity index (χ3v) is 2.62. The summed E-state index contributed by atoms with van der Waals surface area (Å²) in [7, 11) is 1.96. The average Bonchev–Trinajstić information content (AvgIpc) is 2.33. The van der Waals surface area contributed by atoms with Crippen molar-refractivity contribution in [2.45, 2.75) is 13.5 Å². The van der Waals surface area contributed by atoms with E-state index in [-0.39, 0.29) is 0 Å². The molecular formula is C14H16N2. The Morgan fingerprint density at radius 2 is 2.06 bits per heavy atom. The van der Waals surface area contributed by atoms with Crippen LogP contribution in [0.4, 0.5) is 0 Å². The van der Waals surface area contributed by atoms with Crippen molar-refractivity contribution in [1.29, 1.82) is 0 Å². The molecule has 0 amide bonds. The fraction of sp³-hybridized carbons (Fsp3) is 0.214. The lowest BCUT2D eigenvalue weighted by atomic mass is 10.0. The monoisotopic (exact) mass is 212 g/mol. The summed E-state index contributed by atoms with van der Waals surface area (Å²) in [6.07, 6.45) is 1.83. The van der Waals surface area contributed by atoms with Gasteiger partial charge >= 0.3 is 0 Å².